The average Bonchev–Trinajstić information content (AvgIpc) is 2.98. The molecule has 0 unspecified atom stereocenters. The SMILES string of the molecule is O=C(NCCc1ccco1)c1ccncc1C#CCO. The van der Waals surface area contributed by atoms with Gasteiger partial charge >= 0.3 is 0 Å². The molecule has 0 bridgehead atoms. The summed E-state index contributed by atoms with van der Waals surface area (Å²) in [5, 5.41) is 11.5. The van der Waals surface area contributed by atoms with Crippen LogP contribution >= 0.6 is 0 Å². The third-order valence-corrected chi connectivity index (χ3v) is 2.60. The molecule has 5 heteroatoms. The van der Waals surface area contributed by atoms with Crippen LogP contribution in [0.3, 0.4) is 0 Å². The van der Waals surface area contributed by atoms with E-state index in [1.165, 1.54) is 12.4 Å². The summed E-state index contributed by atoms with van der Waals surface area (Å²) in [7, 11) is 0. The Morgan fingerprint density at radius 3 is 3.10 bits per heavy atom. The summed E-state index contributed by atoms with van der Waals surface area (Å²) >= 11 is 0. The zero-order chi connectivity index (χ0) is 14.2. The second-order valence-electron chi connectivity index (χ2n) is 3.97. The van der Waals surface area contributed by atoms with E-state index in [9.17, 15) is 4.79 Å². The number of nitrogens with one attached hydrogen (secondary N) is 1. The third kappa shape index (κ3) is 3.70. The van der Waals surface area contributed by atoms with E-state index >= 15 is 0 Å². The summed E-state index contributed by atoms with van der Waals surface area (Å²) in [4.78, 5) is 16.0. The number of aromatic nitrogens is 1. The molecule has 2 rings (SSSR count). The largest absolute Gasteiger partial charge is 0.469 e. The number of nitrogens with zero attached hydrogens (tertiary/aromatic N) is 1. The van der Waals surface area contributed by atoms with Gasteiger partial charge in [0.15, 0.2) is 0 Å². The highest BCUT2D eigenvalue weighted by molar-refractivity contribution is 5.96. The van der Waals surface area contributed by atoms with Gasteiger partial charge in [-0.1, -0.05) is 11.8 Å². The molecule has 102 valence electrons. The summed E-state index contributed by atoms with van der Waals surface area (Å²) in [6, 6.07) is 5.27. The number of aliphatic hydroxyl groups excluding tert-OH is 1. The minimum atomic E-state index is -0.256. The first-order valence-electron chi connectivity index (χ1n) is 6.15. The van der Waals surface area contributed by atoms with Crippen molar-refractivity contribution in [3.05, 3.63) is 53.7 Å². The predicted molar refractivity (Wildman–Crippen MR) is 72.9 cm³/mol. The summed E-state index contributed by atoms with van der Waals surface area (Å²) in [6.07, 6.45) is 5.26. The molecule has 1 amide bonds. The van der Waals surface area contributed by atoms with Crippen molar-refractivity contribution in [3.8, 4) is 11.8 Å². The Balaban J connectivity index is 1.98. The first kappa shape index (κ1) is 13.8. The van der Waals surface area contributed by atoms with Gasteiger partial charge in [0.2, 0.25) is 0 Å². The maximum absolute atomic E-state index is 12.1. The van der Waals surface area contributed by atoms with E-state index in [0.717, 1.165) is 5.76 Å². The van der Waals surface area contributed by atoms with Crippen LogP contribution in [0.15, 0.2) is 41.3 Å². The van der Waals surface area contributed by atoms with Gasteiger partial charge in [-0.2, -0.15) is 0 Å². The number of carbonyl (C=O) groups excluding carboxylic acids is 1. The molecule has 0 radical (unpaired) electrons. The number of hydrogen-bond acceptors (Lipinski definition) is 4. The van der Waals surface area contributed by atoms with E-state index in [4.69, 9.17) is 9.52 Å². The monoisotopic (exact) mass is 270 g/mol. The fourth-order valence-electron chi connectivity index (χ4n) is 1.68. The zero-order valence-electron chi connectivity index (χ0n) is 10.8. The fourth-order valence-corrected chi connectivity index (χ4v) is 1.68. The normalized spacial score (nSPS) is 9.65. The minimum Gasteiger partial charge on any atom is -0.469 e. The first-order valence-corrected chi connectivity index (χ1v) is 6.15. The van der Waals surface area contributed by atoms with Crippen LogP contribution in [0, 0.1) is 11.8 Å². The second kappa shape index (κ2) is 7.12. The molecule has 0 aliphatic rings. The molecule has 2 heterocycles. The van der Waals surface area contributed by atoms with Crippen molar-refractivity contribution in [1.29, 1.82) is 0 Å². The predicted octanol–water partition coefficient (Wildman–Crippen LogP) is 0.991. The smallest absolute Gasteiger partial charge is 0.252 e. The van der Waals surface area contributed by atoms with Gasteiger partial charge in [0.1, 0.15) is 12.4 Å². The fraction of sp³-hybridized carbons (Fsp3) is 0.200. The Morgan fingerprint density at radius 2 is 2.35 bits per heavy atom. The van der Waals surface area contributed by atoms with Crippen LogP contribution in [0.5, 0.6) is 0 Å². The lowest BCUT2D eigenvalue weighted by Gasteiger charge is -2.05. The highest BCUT2D eigenvalue weighted by Crippen LogP contribution is 2.05. The van der Waals surface area contributed by atoms with Crippen LogP contribution in [-0.4, -0.2) is 29.1 Å². The quantitative estimate of drug-likeness (QED) is 0.812. The highest BCUT2D eigenvalue weighted by atomic mass is 16.3. The lowest BCUT2D eigenvalue weighted by atomic mass is 10.1. The molecule has 20 heavy (non-hydrogen) atoms. The van der Waals surface area contributed by atoms with Crippen molar-refractivity contribution in [3.63, 3.8) is 0 Å². The maximum atomic E-state index is 12.1. The molecule has 2 aromatic heterocycles. The summed E-state index contributed by atoms with van der Waals surface area (Å²) < 4.78 is 5.19. The van der Waals surface area contributed by atoms with Crippen molar-refractivity contribution in [1.82, 2.24) is 10.3 Å². The van der Waals surface area contributed by atoms with Crippen molar-refractivity contribution in [2.45, 2.75) is 6.42 Å². The molecule has 0 fully saturated rings. The van der Waals surface area contributed by atoms with E-state index in [-0.39, 0.29) is 12.5 Å². The molecule has 2 N–H and O–H groups in total. The van der Waals surface area contributed by atoms with Gasteiger partial charge in [0.25, 0.3) is 5.91 Å². The van der Waals surface area contributed by atoms with E-state index in [0.29, 0.717) is 24.1 Å². The van der Waals surface area contributed by atoms with Gasteiger partial charge < -0.3 is 14.8 Å². The Kier molecular flexibility index (Phi) is 4.93. The topological polar surface area (TPSA) is 75.4 Å². The molecule has 0 saturated heterocycles. The summed E-state index contributed by atoms with van der Waals surface area (Å²) in [5.74, 6) is 5.81. The van der Waals surface area contributed by atoms with Crippen LogP contribution < -0.4 is 5.32 Å². The summed E-state index contributed by atoms with van der Waals surface area (Å²) in [5.41, 5.74) is 0.942. The van der Waals surface area contributed by atoms with Gasteiger partial charge in [-0.25, -0.2) is 0 Å². The van der Waals surface area contributed by atoms with Crippen molar-refractivity contribution in [2.24, 2.45) is 0 Å². The van der Waals surface area contributed by atoms with Crippen LogP contribution in [0.4, 0.5) is 0 Å². The molecule has 0 spiro atoms. The number of hydrogen-bond donors (Lipinski definition) is 2. The molecule has 0 aliphatic heterocycles. The van der Waals surface area contributed by atoms with Gasteiger partial charge in [-0.05, 0) is 18.2 Å². The van der Waals surface area contributed by atoms with E-state index < -0.39 is 0 Å². The van der Waals surface area contributed by atoms with Crippen LogP contribution in [0.1, 0.15) is 21.7 Å². The zero-order valence-corrected chi connectivity index (χ0v) is 10.8. The van der Waals surface area contributed by atoms with Gasteiger partial charge in [0.05, 0.1) is 17.4 Å². The molecule has 5 nitrogen and oxygen atoms in total. The number of pyridine rings is 1. The lowest BCUT2D eigenvalue weighted by Crippen LogP contribution is -2.26. The van der Waals surface area contributed by atoms with Crippen molar-refractivity contribution < 1.29 is 14.3 Å². The highest BCUT2D eigenvalue weighted by Gasteiger charge is 2.09. The van der Waals surface area contributed by atoms with E-state index in [1.54, 1.807) is 12.3 Å². The van der Waals surface area contributed by atoms with Crippen LogP contribution in [0.25, 0.3) is 0 Å². The van der Waals surface area contributed by atoms with Crippen molar-refractivity contribution >= 4 is 5.91 Å². The average molecular weight is 270 g/mol. The summed E-state index contributed by atoms with van der Waals surface area (Å²) in [6.45, 7) is 0.218. The number of rotatable bonds is 4. The Bertz CT molecular complexity index is 624. The lowest BCUT2D eigenvalue weighted by molar-refractivity contribution is 0.0953. The van der Waals surface area contributed by atoms with Crippen molar-refractivity contribution in [2.75, 3.05) is 13.2 Å². The number of aliphatic hydroxyl groups is 1. The Morgan fingerprint density at radius 1 is 1.45 bits per heavy atom. The van der Waals surface area contributed by atoms with Crippen LogP contribution in [-0.2, 0) is 6.42 Å². The Labute approximate surface area is 116 Å². The molecule has 0 saturated carbocycles. The minimum absolute atomic E-state index is 0.221. The molecular weight excluding hydrogens is 256 g/mol. The Hall–Kier alpha value is -2.58. The maximum Gasteiger partial charge on any atom is 0.252 e. The number of carbonyl (C=O) groups is 1. The second-order valence-corrected chi connectivity index (χ2v) is 3.97. The number of amides is 1. The molecular formula is C15H14N2O3. The van der Waals surface area contributed by atoms with Crippen LogP contribution in [0.2, 0.25) is 0 Å². The van der Waals surface area contributed by atoms with Gasteiger partial charge in [-0.15, -0.1) is 0 Å². The third-order valence-electron chi connectivity index (χ3n) is 2.60. The number of furan rings is 1. The molecule has 2 aromatic rings. The van der Waals surface area contributed by atoms with E-state index in [2.05, 4.69) is 22.1 Å². The molecule has 0 aromatic carbocycles. The molecule has 0 atom stereocenters. The molecule has 0 aliphatic carbocycles. The van der Waals surface area contributed by atoms with Gasteiger partial charge in [-0.3, -0.25) is 9.78 Å². The first-order chi connectivity index (χ1) is 9.81. The van der Waals surface area contributed by atoms with Gasteiger partial charge in [0, 0.05) is 25.4 Å². The standard InChI is InChI=1S/C15H14N2O3/c18-9-1-3-12-11-16-7-6-14(12)15(19)17-8-5-13-4-2-10-20-13/h2,4,6-7,10-11,18H,5,8-9H2,(H,17,19). The van der Waals surface area contributed by atoms with E-state index in [1.807, 2.05) is 12.1 Å².